The van der Waals surface area contributed by atoms with E-state index in [4.69, 9.17) is 23.2 Å². The van der Waals surface area contributed by atoms with Gasteiger partial charge in [-0.25, -0.2) is 0 Å². The van der Waals surface area contributed by atoms with Gasteiger partial charge in [-0.05, 0) is 54.9 Å². The van der Waals surface area contributed by atoms with Crippen LogP contribution in [0, 0.1) is 5.41 Å². The van der Waals surface area contributed by atoms with Crippen LogP contribution in [0.4, 0.5) is 0 Å². The molecule has 0 aliphatic heterocycles. The van der Waals surface area contributed by atoms with Crippen LogP contribution >= 0.6 is 23.2 Å². The molecule has 0 amide bonds. The zero-order chi connectivity index (χ0) is 13.2. The molecule has 1 aliphatic rings. The molecule has 2 rings (SSSR count). The fourth-order valence-electron chi connectivity index (χ4n) is 2.13. The third-order valence-electron chi connectivity index (χ3n) is 3.87. The molecule has 1 nitrogen and oxygen atoms in total. The molecule has 1 atom stereocenters. The van der Waals surface area contributed by atoms with Crippen molar-refractivity contribution in [3.8, 4) is 0 Å². The van der Waals surface area contributed by atoms with Crippen LogP contribution in [0.2, 0.25) is 10.0 Å². The van der Waals surface area contributed by atoms with Crippen LogP contribution in [-0.4, -0.2) is 12.6 Å². The maximum Gasteiger partial charge on any atom is 0.0439 e. The van der Waals surface area contributed by atoms with Crippen molar-refractivity contribution in [2.24, 2.45) is 5.41 Å². The van der Waals surface area contributed by atoms with E-state index in [9.17, 15) is 0 Å². The highest BCUT2D eigenvalue weighted by Crippen LogP contribution is 2.32. The highest BCUT2D eigenvalue weighted by Gasteiger charge is 2.28. The summed E-state index contributed by atoms with van der Waals surface area (Å²) in [6, 6.07) is 6.49. The van der Waals surface area contributed by atoms with E-state index in [1.54, 1.807) is 0 Å². The maximum atomic E-state index is 6.26. The summed E-state index contributed by atoms with van der Waals surface area (Å²) in [6.07, 6.45) is 4.77. The normalized spacial score (nSPS) is 18.7. The zero-order valence-electron chi connectivity index (χ0n) is 11.1. The number of hydrogen-bond donors (Lipinski definition) is 1. The Kier molecular flexibility index (Phi) is 4.58. The van der Waals surface area contributed by atoms with Gasteiger partial charge in [0.1, 0.15) is 0 Å². The van der Waals surface area contributed by atoms with Gasteiger partial charge >= 0.3 is 0 Å². The summed E-state index contributed by atoms with van der Waals surface area (Å²) in [4.78, 5) is 0. The Morgan fingerprint density at radius 3 is 2.67 bits per heavy atom. The number of rotatable bonds is 6. The summed E-state index contributed by atoms with van der Waals surface area (Å²) in [6.45, 7) is 5.61. The lowest BCUT2D eigenvalue weighted by Crippen LogP contribution is -2.34. The van der Waals surface area contributed by atoms with Gasteiger partial charge in [0.2, 0.25) is 0 Å². The van der Waals surface area contributed by atoms with E-state index < -0.39 is 0 Å². The van der Waals surface area contributed by atoms with Crippen LogP contribution in [0.25, 0.3) is 0 Å². The smallest absolute Gasteiger partial charge is 0.0439 e. The molecular weight excluding hydrogens is 265 g/mol. The minimum absolute atomic E-state index is 0.247. The lowest BCUT2D eigenvalue weighted by molar-refractivity contribution is 0.289. The second kappa shape index (κ2) is 5.81. The van der Waals surface area contributed by atoms with Gasteiger partial charge in [0, 0.05) is 22.6 Å². The van der Waals surface area contributed by atoms with Crippen LogP contribution in [0.1, 0.15) is 38.7 Å². The topological polar surface area (TPSA) is 12.0 Å². The van der Waals surface area contributed by atoms with Gasteiger partial charge in [0.25, 0.3) is 0 Å². The minimum atomic E-state index is 0.247. The minimum Gasteiger partial charge on any atom is -0.313 e. The van der Waals surface area contributed by atoms with Crippen molar-refractivity contribution in [3.05, 3.63) is 33.8 Å². The standard InChI is InChI=1S/C15H21Cl2N/c1-3-15(2,10-18-13-5-6-13)9-11-8-12(16)4-7-14(11)17/h4,7-8,13,18H,3,5-6,9-10H2,1-2H3. The van der Waals surface area contributed by atoms with Gasteiger partial charge in [-0.2, -0.15) is 0 Å². The second-order valence-electron chi connectivity index (χ2n) is 5.73. The Bertz CT molecular complexity index is 415. The Hall–Kier alpha value is -0.240. The average molecular weight is 286 g/mol. The Morgan fingerprint density at radius 2 is 2.06 bits per heavy atom. The lowest BCUT2D eigenvalue weighted by Gasteiger charge is -2.29. The molecule has 1 saturated carbocycles. The molecule has 3 heteroatoms. The second-order valence-corrected chi connectivity index (χ2v) is 6.58. The van der Waals surface area contributed by atoms with Gasteiger partial charge in [0.15, 0.2) is 0 Å². The Labute approximate surface area is 120 Å². The maximum absolute atomic E-state index is 6.26. The highest BCUT2D eigenvalue weighted by atomic mass is 35.5. The fourth-order valence-corrected chi connectivity index (χ4v) is 2.51. The first-order valence-electron chi connectivity index (χ1n) is 6.70. The third-order valence-corrected chi connectivity index (χ3v) is 4.48. The largest absolute Gasteiger partial charge is 0.313 e. The number of hydrogen-bond acceptors (Lipinski definition) is 1. The summed E-state index contributed by atoms with van der Waals surface area (Å²) in [5.41, 5.74) is 1.41. The van der Waals surface area contributed by atoms with Gasteiger partial charge in [-0.3, -0.25) is 0 Å². The zero-order valence-corrected chi connectivity index (χ0v) is 12.6. The first-order chi connectivity index (χ1) is 8.52. The first kappa shape index (κ1) is 14.2. The van der Waals surface area contributed by atoms with Crippen molar-refractivity contribution in [2.75, 3.05) is 6.54 Å². The van der Waals surface area contributed by atoms with E-state index >= 15 is 0 Å². The summed E-state index contributed by atoms with van der Waals surface area (Å²) >= 11 is 12.3. The predicted molar refractivity (Wildman–Crippen MR) is 79.6 cm³/mol. The number of nitrogens with one attached hydrogen (secondary N) is 1. The van der Waals surface area contributed by atoms with Gasteiger partial charge in [0.05, 0.1) is 0 Å². The van der Waals surface area contributed by atoms with Gasteiger partial charge < -0.3 is 5.32 Å². The molecule has 1 aromatic carbocycles. The van der Waals surface area contributed by atoms with Crippen molar-refractivity contribution in [2.45, 2.75) is 45.6 Å². The monoisotopic (exact) mass is 285 g/mol. The molecule has 18 heavy (non-hydrogen) atoms. The van der Waals surface area contributed by atoms with E-state index in [0.29, 0.717) is 0 Å². The summed E-state index contributed by atoms with van der Waals surface area (Å²) < 4.78 is 0. The van der Waals surface area contributed by atoms with Crippen molar-refractivity contribution < 1.29 is 0 Å². The molecule has 0 saturated heterocycles. The van der Waals surface area contributed by atoms with Gasteiger partial charge in [-0.15, -0.1) is 0 Å². The van der Waals surface area contributed by atoms with Crippen molar-refractivity contribution in [1.82, 2.24) is 5.32 Å². The molecule has 1 aliphatic carbocycles. The summed E-state index contributed by atoms with van der Waals surface area (Å²) in [5.74, 6) is 0. The van der Waals surface area contributed by atoms with Crippen molar-refractivity contribution in [3.63, 3.8) is 0 Å². The molecule has 1 fully saturated rings. The molecule has 0 aromatic heterocycles. The molecule has 1 aromatic rings. The molecule has 0 bridgehead atoms. The molecule has 0 spiro atoms. The quantitative estimate of drug-likeness (QED) is 0.799. The van der Waals surface area contributed by atoms with Crippen molar-refractivity contribution >= 4 is 23.2 Å². The van der Waals surface area contributed by atoms with Crippen LogP contribution in [0.3, 0.4) is 0 Å². The molecule has 1 unspecified atom stereocenters. The van der Waals surface area contributed by atoms with Crippen LogP contribution in [-0.2, 0) is 6.42 Å². The van der Waals surface area contributed by atoms with E-state index in [1.807, 2.05) is 18.2 Å². The Balaban J connectivity index is 2.04. The first-order valence-corrected chi connectivity index (χ1v) is 7.45. The summed E-state index contributed by atoms with van der Waals surface area (Å²) in [7, 11) is 0. The molecule has 0 heterocycles. The molecule has 100 valence electrons. The van der Waals surface area contributed by atoms with Crippen LogP contribution in [0.15, 0.2) is 18.2 Å². The third kappa shape index (κ3) is 3.88. The molecule has 1 N–H and O–H groups in total. The van der Waals surface area contributed by atoms with Crippen LogP contribution < -0.4 is 5.32 Å². The van der Waals surface area contributed by atoms with Crippen LogP contribution in [0.5, 0.6) is 0 Å². The SMILES string of the molecule is CCC(C)(CNC1CC1)Cc1cc(Cl)ccc1Cl. The van der Waals surface area contributed by atoms with E-state index in [2.05, 4.69) is 19.2 Å². The number of halogens is 2. The van der Waals surface area contributed by atoms with E-state index in [-0.39, 0.29) is 5.41 Å². The van der Waals surface area contributed by atoms with E-state index in [0.717, 1.165) is 41.0 Å². The van der Waals surface area contributed by atoms with Crippen molar-refractivity contribution in [1.29, 1.82) is 0 Å². The Morgan fingerprint density at radius 1 is 1.33 bits per heavy atom. The summed E-state index contributed by atoms with van der Waals surface area (Å²) in [5, 5.41) is 5.22. The molecule has 0 radical (unpaired) electrons. The lowest BCUT2D eigenvalue weighted by atomic mass is 9.81. The fraction of sp³-hybridized carbons (Fsp3) is 0.600. The predicted octanol–water partition coefficient (Wildman–Crippen LogP) is 4.70. The average Bonchev–Trinajstić information content (AvgIpc) is 3.15. The highest BCUT2D eigenvalue weighted by molar-refractivity contribution is 6.33. The molecular formula is C15H21Cl2N. The van der Waals surface area contributed by atoms with E-state index in [1.165, 1.54) is 12.8 Å². The number of benzene rings is 1. The van der Waals surface area contributed by atoms with Gasteiger partial charge in [-0.1, -0.05) is 37.0 Å².